The molecule has 0 atom stereocenters. The number of pyridine rings is 1. The highest BCUT2D eigenvalue weighted by atomic mass is 79.9. The summed E-state index contributed by atoms with van der Waals surface area (Å²) in [4.78, 5) is 16.0. The largest absolute Gasteiger partial charge is 0.294 e. The average molecular weight is 345 g/mol. The Hall–Kier alpha value is -0.900. The minimum atomic E-state index is -0.0301. The van der Waals surface area contributed by atoms with Crippen molar-refractivity contribution < 1.29 is 4.79 Å². The summed E-state index contributed by atoms with van der Waals surface area (Å²) >= 11 is 15.2. The van der Waals surface area contributed by atoms with Gasteiger partial charge in [-0.15, -0.1) is 0 Å². The molecule has 2 rings (SSSR count). The number of carbonyl (C=O) groups is 1. The van der Waals surface area contributed by atoms with Crippen LogP contribution in [0.4, 0.5) is 0 Å². The molecule has 1 aromatic carbocycles. The number of carbonyl (C=O) groups excluding carboxylic acids is 1. The van der Waals surface area contributed by atoms with Crippen molar-refractivity contribution in [2.45, 2.75) is 6.42 Å². The SMILES string of the molecule is O=C(Cc1ccncc1Cl)c1ccc(Br)c(Cl)c1. The van der Waals surface area contributed by atoms with E-state index in [0.717, 1.165) is 10.0 Å². The first-order chi connectivity index (χ1) is 8.58. The Balaban J connectivity index is 2.22. The fourth-order valence-corrected chi connectivity index (χ4v) is 2.11. The lowest BCUT2D eigenvalue weighted by Gasteiger charge is -2.04. The van der Waals surface area contributed by atoms with E-state index < -0.39 is 0 Å². The summed E-state index contributed by atoms with van der Waals surface area (Å²) < 4.78 is 0.766. The molecule has 92 valence electrons. The molecule has 0 N–H and O–H groups in total. The van der Waals surface area contributed by atoms with Crippen molar-refractivity contribution in [3.05, 3.63) is 62.3 Å². The van der Waals surface area contributed by atoms with Gasteiger partial charge in [0.05, 0.1) is 10.0 Å². The van der Waals surface area contributed by atoms with Crippen molar-refractivity contribution in [3.8, 4) is 0 Å². The maximum atomic E-state index is 12.1. The van der Waals surface area contributed by atoms with Gasteiger partial charge < -0.3 is 0 Å². The third kappa shape index (κ3) is 3.10. The predicted octanol–water partition coefficient (Wildman–Crippen LogP) is 4.58. The van der Waals surface area contributed by atoms with Crippen LogP contribution in [0.25, 0.3) is 0 Å². The van der Waals surface area contributed by atoms with Gasteiger partial charge in [0, 0.05) is 28.9 Å². The molecule has 0 amide bonds. The molecule has 0 radical (unpaired) electrons. The molecule has 1 heterocycles. The lowest BCUT2D eigenvalue weighted by Crippen LogP contribution is -2.04. The zero-order chi connectivity index (χ0) is 13.1. The van der Waals surface area contributed by atoms with Gasteiger partial charge in [0.1, 0.15) is 0 Å². The molecule has 0 fully saturated rings. The van der Waals surface area contributed by atoms with Crippen LogP contribution >= 0.6 is 39.1 Å². The fourth-order valence-electron chi connectivity index (χ4n) is 1.49. The molecule has 0 aliphatic rings. The Morgan fingerprint density at radius 2 is 2.00 bits per heavy atom. The van der Waals surface area contributed by atoms with Crippen molar-refractivity contribution in [2.75, 3.05) is 0 Å². The summed E-state index contributed by atoms with van der Waals surface area (Å²) in [5, 5.41) is 1.01. The Bertz CT molecular complexity index is 601. The minimum absolute atomic E-state index is 0.0301. The molecule has 18 heavy (non-hydrogen) atoms. The Kier molecular flexibility index (Phi) is 4.38. The number of Topliss-reactive ketones (excluding diaryl/α,β-unsaturated/α-hetero) is 1. The molecule has 0 saturated carbocycles. The van der Waals surface area contributed by atoms with Crippen LogP contribution in [0.5, 0.6) is 0 Å². The van der Waals surface area contributed by atoms with Gasteiger partial charge in [-0.1, -0.05) is 29.3 Å². The molecular weight excluding hydrogens is 337 g/mol. The highest BCUT2D eigenvalue weighted by molar-refractivity contribution is 9.10. The van der Waals surface area contributed by atoms with Gasteiger partial charge in [0.2, 0.25) is 0 Å². The summed E-state index contributed by atoms with van der Waals surface area (Å²) in [6, 6.07) is 6.86. The predicted molar refractivity (Wildman–Crippen MR) is 76.4 cm³/mol. The molecular formula is C13H8BrCl2NO. The smallest absolute Gasteiger partial charge is 0.167 e. The zero-order valence-corrected chi connectivity index (χ0v) is 12.3. The van der Waals surface area contributed by atoms with E-state index in [-0.39, 0.29) is 12.2 Å². The number of hydrogen-bond acceptors (Lipinski definition) is 2. The van der Waals surface area contributed by atoms with E-state index in [4.69, 9.17) is 23.2 Å². The lowest BCUT2D eigenvalue weighted by molar-refractivity contribution is 0.0993. The number of benzene rings is 1. The molecule has 2 nitrogen and oxygen atoms in total. The van der Waals surface area contributed by atoms with Crippen LogP contribution in [0.15, 0.2) is 41.1 Å². The van der Waals surface area contributed by atoms with Gasteiger partial charge in [-0.05, 0) is 39.7 Å². The maximum Gasteiger partial charge on any atom is 0.167 e. The van der Waals surface area contributed by atoms with Crippen molar-refractivity contribution in [1.82, 2.24) is 4.98 Å². The Labute approximate surface area is 123 Å². The van der Waals surface area contributed by atoms with Gasteiger partial charge in [-0.3, -0.25) is 9.78 Å². The molecule has 5 heteroatoms. The van der Waals surface area contributed by atoms with Crippen LogP contribution in [0.1, 0.15) is 15.9 Å². The van der Waals surface area contributed by atoms with E-state index in [2.05, 4.69) is 20.9 Å². The van der Waals surface area contributed by atoms with Gasteiger partial charge in [-0.2, -0.15) is 0 Å². The lowest BCUT2D eigenvalue weighted by atomic mass is 10.0. The van der Waals surface area contributed by atoms with E-state index in [1.807, 2.05) is 0 Å². The fraction of sp³-hybridized carbons (Fsp3) is 0.0769. The second-order valence-corrected chi connectivity index (χ2v) is 5.36. The Morgan fingerprint density at radius 1 is 1.22 bits per heavy atom. The first-order valence-corrected chi connectivity index (χ1v) is 6.69. The highest BCUT2D eigenvalue weighted by Crippen LogP contribution is 2.24. The first kappa shape index (κ1) is 13.5. The van der Waals surface area contributed by atoms with Crippen molar-refractivity contribution in [2.24, 2.45) is 0 Å². The van der Waals surface area contributed by atoms with Crippen LogP contribution in [-0.4, -0.2) is 10.8 Å². The van der Waals surface area contributed by atoms with Gasteiger partial charge in [0.15, 0.2) is 5.78 Å². The van der Waals surface area contributed by atoms with Crippen molar-refractivity contribution in [1.29, 1.82) is 0 Å². The zero-order valence-electron chi connectivity index (χ0n) is 9.16. The molecule has 0 aliphatic heterocycles. The monoisotopic (exact) mass is 343 g/mol. The average Bonchev–Trinajstić information content (AvgIpc) is 2.35. The van der Waals surface area contributed by atoms with Crippen LogP contribution < -0.4 is 0 Å². The van der Waals surface area contributed by atoms with Gasteiger partial charge >= 0.3 is 0 Å². The normalized spacial score (nSPS) is 10.4. The molecule has 1 aromatic heterocycles. The van der Waals surface area contributed by atoms with Crippen LogP contribution in [0.3, 0.4) is 0 Å². The summed E-state index contributed by atoms with van der Waals surface area (Å²) in [5.74, 6) is -0.0301. The van der Waals surface area contributed by atoms with E-state index in [0.29, 0.717) is 15.6 Å². The number of aromatic nitrogens is 1. The molecule has 0 unspecified atom stereocenters. The van der Waals surface area contributed by atoms with Crippen LogP contribution in [0.2, 0.25) is 10.0 Å². The summed E-state index contributed by atoms with van der Waals surface area (Å²) in [7, 11) is 0. The number of hydrogen-bond donors (Lipinski definition) is 0. The van der Waals surface area contributed by atoms with Gasteiger partial charge in [0.25, 0.3) is 0 Å². The van der Waals surface area contributed by atoms with E-state index >= 15 is 0 Å². The Morgan fingerprint density at radius 3 is 2.67 bits per heavy atom. The molecule has 0 bridgehead atoms. The first-order valence-electron chi connectivity index (χ1n) is 5.14. The van der Waals surface area contributed by atoms with E-state index in [1.165, 1.54) is 6.20 Å². The number of ketones is 1. The molecule has 2 aromatic rings. The topological polar surface area (TPSA) is 30.0 Å². The number of nitrogens with zero attached hydrogens (tertiary/aromatic N) is 1. The molecule has 0 aliphatic carbocycles. The number of halogens is 3. The van der Waals surface area contributed by atoms with Crippen LogP contribution in [-0.2, 0) is 6.42 Å². The second kappa shape index (κ2) is 5.83. The summed E-state index contributed by atoms with van der Waals surface area (Å²) in [5.41, 5.74) is 1.33. The van der Waals surface area contributed by atoms with Gasteiger partial charge in [-0.25, -0.2) is 0 Å². The second-order valence-electron chi connectivity index (χ2n) is 3.70. The van der Waals surface area contributed by atoms with E-state index in [1.54, 1.807) is 30.5 Å². The van der Waals surface area contributed by atoms with Crippen molar-refractivity contribution in [3.63, 3.8) is 0 Å². The van der Waals surface area contributed by atoms with Crippen molar-refractivity contribution >= 4 is 44.9 Å². The number of rotatable bonds is 3. The van der Waals surface area contributed by atoms with Crippen LogP contribution in [0, 0.1) is 0 Å². The molecule has 0 saturated heterocycles. The highest BCUT2D eigenvalue weighted by Gasteiger charge is 2.11. The third-order valence-corrected chi connectivity index (χ3v) is 4.02. The minimum Gasteiger partial charge on any atom is -0.294 e. The molecule has 0 spiro atoms. The quantitative estimate of drug-likeness (QED) is 0.763. The summed E-state index contributed by atoms with van der Waals surface area (Å²) in [6.45, 7) is 0. The maximum absolute atomic E-state index is 12.1. The third-order valence-electron chi connectivity index (χ3n) is 2.45. The standard InChI is InChI=1S/C13H8BrCl2NO/c14-10-2-1-9(5-11(10)15)13(18)6-8-3-4-17-7-12(8)16/h1-5,7H,6H2. The van der Waals surface area contributed by atoms with E-state index in [9.17, 15) is 4.79 Å². The summed E-state index contributed by atoms with van der Waals surface area (Å²) in [6.07, 6.45) is 3.38.